The first kappa shape index (κ1) is 19.6. The Morgan fingerprint density at radius 2 is 1.96 bits per heavy atom. The van der Waals surface area contributed by atoms with E-state index in [9.17, 15) is 13.2 Å². The Labute approximate surface area is 137 Å². The van der Waals surface area contributed by atoms with Gasteiger partial charge in [-0.1, -0.05) is 29.8 Å². The minimum atomic E-state index is -3.40. The summed E-state index contributed by atoms with van der Waals surface area (Å²) in [5.74, 6) is -0.414. The molecule has 0 aliphatic carbocycles. The second-order valence-electron chi connectivity index (χ2n) is 5.32. The van der Waals surface area contributed by atoms with E-state index >= 15 is 0 Å². The molecule has 0 spiro atoms. The molecule has 0 aromatic heterocycles. The number of amides is 1. The van der Waals surface area contributed by atoms with Crippen LogP contribution in [-0.4, -0.2) is 63.3 Å². The zero-order valence-electron chi connectivity index (χ0n) is 13.7. The molecule has 0 radical (unpaired) electrons. The van der Waals surface area contributed by atoms with Gasteiger partial charge in [0.2, 0.25) is 15.9 Å². The number of rotatable bonds is 9. The van der Waals surface area contributed by atoms with Gasteiger partial charge < -0.3 is 15.2 Å². The van der Waals surface area contributed by atoms with Crippen molar-refractivity contribution < 1.29 is 23.1 Å². The molecule has 0 heterocycles. The van der Waals surface area contributed by atoms with Crippen molar-refractivity contribution in [3.63, 3.8) is 0 Å². The normalized spacial score (nSPS) is 13.1. The molecule has 1 aromatic rings. The van der Waals surface area contributed by atoms with Crippen molar-refractivity contribution in [1.82, 2.24) is 9.62 Å². The van der Waals surface area contributed by atoms with Crippen LogP contribution in [0.2, 0.25) is 0 Å². The summed E-state index contributed by atoms with van der Waals surface area (Å²) in [5.41, 5.74) is 1.98. The van der Waals surface area contributed by atoms with Gasteiger partial charge in [0.15, 0.2) is 0 Å². The molecule has 7 nitrogen and oxygen atoms in total. The highest BCUT2D eigenvalue weighted by molar-refractivity contribution is 7.88. The van der Waals surface area contributed by atoms with Crippen LogP contribution >= 0.6 is 0 Å². The van der Waals surface area contributed by atoms with Crippen LogP contribution in [0.1, 0.15) is 17.2 Å². The lowest BCUT2D eigenvalue weighted by molar-refractivity contribution is -0.121. The molecule has 1 unspecified atom stereocenters. The number of benzene rings is 1. The molecule has 1 atom stereocenters. The Morgan fingerprint density at radius 1 is 1.35 bits per heavy atom. The van der Waals surface area contributed by atoms with E-state index in [0.717, 1.165) is 21.7 Å². The summed E-state index contributed by atoms with van der Waals surface area (Å²) >= 11 is 0. The zero-order chi connectivity index (χ0) is 17.5. The van der Waals surface area contributed by atoms with Crippen LogP contribution in [0.5, 0.6) is 0 Å². The number of sulfonamides is 1. The average Bonchev–Trinajstić information content (AvgIpc) is 2.47. The zero-order valence-corrected chi connectivity index (χ0v) is 14.5. The lowest BCUT2D eigenvalue weighted by atomic mass is 10.1. The second-order valence-corrected chi connectivity index (χ2v) is 7.41. The van der Waals surface area contributed by atoms with E-state index < -0.39 is 22.0 Å². The van der Waals surface area contributed by atoms with E-state index in [2.05, 4.69) is 5.32 Å². The van der Waals surface area contributed by atoms with E-state index in [4.69, 9.17) is 9.84 Å². The van der Waals surface area contributed by atoms with Crippen molar-refractivity contribution in [1.29, 1.82) is 0 Å². The Bertz CT molecular complexity index is 601. The molecule has 8 heteroatoms. The van der Waals surface area contributed by atoms with Crippen molar-refractivity contribution in [2.75, 3.05) is 39.6 Å². The first-order valence-electron chi connectivity index (χ1n) is 7.21. The Hall–Kier alpha value is -1.48. The number of aliphatic hydroxyl groups is 1. The van der Waals surface area contributed by atoms with Gasteiger partial charge in [-0.25, -0.2) is 8.42 Å². The maximum atomic E-state index is 11.8. The number of hydrogen-bond acceptors (Lipinski definition) is 5. The third-order valence-corrected chi connectivity index (χ3v) is 4.54. The summed E-state index contributed by atoms with van der Waals surface area (Å²) in [5, 5.41) is 11.6. The standard InChI is InChI=1S/C15H24N2O5S/c1-12-4-6-13(7-5-12)14(22-9-8-18)10-16-15(19)11-17(2)23(3,20)21/h4-7,14,18H,8-11H2,1-3H3,(H,16,19). The van der Waals surface area contributed by atoms with Crippen molar-refractivity contribution in [2.45, 2.75) is 13.0 Å². The second kappa shape index (κ2) is 8.97. The first-order valence-corrected chi connectivity index (χ1v) is 9.06. The number of hydrogen-bond donors (Lipinski definition) is 2. The molecular formula is C15H24N2O5S. The SMILES string of the molecule is Cc1ccc(C(CNC(=O)CN(C)S(C)(=O)=O)OCCO)cc1. The summed E-state index contributed by atoms with van der Waals surface area (Å²) in [6.45, 7) is 1.94. The first-order chi connectivity index (χ1) is 10.7. The fraction of sp³-hybridized carbons (Fsp3) is 0.533. The summed E-state index contributed by atoms with van der Waals surface area (Å²) < 4.78 is 29.1. The van der Waals surface area contributed by atoms with Gasteiger partial charge >= 0.3 is 0 Å². The molecule has 0 fully saturated rings. The number of nitrogens with one attached hydrogen (secondary N) is 1. The summed E-state index contributed by atoms with van der Waals surface area (Å²) in [6, 6.07) is 7.66. The molecule has 1 rings (SSSR count). The summed E-state index contributed by atoms with van der Waals surface area (Å²) in [6.07, 6.45) is 0.634. The van der Waals surface area contributed by atoms with Crippen molar-refractivity contribution in [3.05, 3.63) is 35.4 Å². The van der Waals surface area contributed by atoms with E-state index in [1.807, 2.05) is 31.2 Å². The van der Waals surface area contributed by atoms with Crippen molar-refractivity contribution in [2.24, 2.45) is 0 Å². The Kier molecular flexibility index (Phi) is 7.63. The lowest BCUT2D eigenvalue weighted by Crippen LogP contribution is -2.39. The van der Waals surface area contributed by atoms with E-state index in [-0.39, 0.29) is 26.3 Å². The van der Waals surface area contributed by atoms with Crippen molar-refractivity contribution >= 4 is 15.9 Å². The molecule has 0 aliphatic heterocycles. The minimum absolute atomic E-state index is 0.118. The van der Waals surface area contributed by atoms with Crippen LogP contribution in [0.4, 0.5) is 0 Å². The van der Waals surface area contributed by atoms with E-state index in [1.165, 1.54) is 7.05 Å². The molecule has 2 N–H and O–H groups in total. The van der Waals surface area contributed by atoms with Crippen molar-refractivity contribution in [3.8, 4) is 0 Å². The maximum Gasteiger partial charge on any atom is 0.235 e. The van der Waals surface area contributed by atoms with Crippen LogP contribution in [0.15, 0.2) is 24.3 Å². The van der Waals surface area contributed by atoms with Gasteiger partial charge in [0.25, 0.3) is 0 Å². The minimum Gasteiger partial charge on any atom is -0.394 e. The van der Waals surface area contributed by atoms with Gasteiger partial charge in [-0.3, -0.25) is 4.79 Å². The molecule has 1 aromatic carbocycles. The van der Waals surface area contributed by atoms with Crippen LogP contribution in [-0.2, 0) is 19.6 Å². The van der Waals surface area contributed by atoms with Gasteiger partial charge in [-0.15, -0.1) is 0 Å². The highest BCUT2D eigenvalue weighted by Gasteiger charge is 2.17. The number of aliphatic hydroxyl groups excluding tert-OH is 1. The maximum absolute atomic E-state index is 11.8. The monoisotopic (exact) mass is 344 g/mol. The number of carbonyl (C=O) groups is 1. The third-order valence-electron chi connectivity index (χ3n) is 3.28. The predicted octanol–water partition coefficient (Wildman–Crippen LogP) is 0.0526. The fourth-order valence-corrected chi connectivity index (χ4v) is 2.18. The summed E-state index contributed by atoms with van der Waals surface area (Å²) in [7, 11) is -2.06. The van der Waals surface area contributed by atoms with Crippen LogP contribution in [0, 0.1) is 6.92 Å². The van der Waals surface area contributed by atoms with Gasteiger partial charge in [0.1, 0.15) is 0 Å². The van der Waals surface area contributed by atoms with E-state index in [1.54, 1.807) is 0 Å². The van der Waals surface area contributed by atoms with Crippen LogP contribution in [0.25, 0.3) is 0 Å². The number of likely N-dealkylation sites (N-methyl/N-ethyl adjacent to an activating group) is 1. The Balaban J connectivity index is 2.64. The molecule has 0 saturated carbocycles. The molecule has 0 aliphatic rings. The van der Waals surface area contributed by atoms with Crippen LogP contribution < -0.4 is 5.32 Å². The third kappa shape index (κ3) is 7.08. The molecule has 23 heavy (non-hydrogen) atoms. The number of nitrogens with zero attached hydrogens (tertiary/aromatic N) is 1. The number of ether oxygens (including phenoxy) is 1. The predicted molar refractivity (Wildman–Crippen MR) is 87.4 cm³/mol. The number of carbonyl (C=O) groups excluding carboxylic acids is 1. The average molecular weight is 344 g/mol. The smallest absolute Gasteiger partial charge is 0.235 e. The van der Waals surface area contributed by atoms with Gasteiger partial charge in [0.05, 0.1) is 32.1 Å². The molecular weight excluding hydrogens is 320 g/mol. The fourth-order valence-electron chi connectivity index (χ4n) is 1.83. The Morgan fingerprint density at radius 3 is 2.48 bits per heavy atom. The topological polar surface area (TPSA) is 95.9 Å². The van der Waals surface area contributed by atoms with Gasteiger partial charge in [0, 0.05) is 13.6 Å². The molecule has 1 amide bonds. The van der Waals surface area contributed by atoms with Gasteiger partial charge in [-0.05, 0) is 12.5 Å². The van der Waals surface area contributed by atoms with Crippen LogP contribution in [0.3, 0.4) is 0 Å². The molecule has 130 valence electrons. The number of aryl methyl sites for hydroxylation is 1. The quantitative estimate of drug-likeness (QED) is 0.660. The van der Waals surface area contributed by atoms with Gasteiger partial charge in [-0.2, -0.15) is 4.31 Å². The highest BCUT2D eigenvalue weighted by atomic mass is 32.2. The molecule has 0 saturated heterocycles. The lowest BCUT2D eigenvalue weighted by Gasteiger charge is -2.20. The molecule has 0 bridgehead atoms. The van der Waals surface area contributed by atoms with E-state index in [0.29, 0.717) is 0 Å². The largest absolute Gasteiger partial charge is 0.394 e. The highest BCUT2D eigenvalue weighted by Crippen LogP contribution is 2.17. The summed E-state index contributed by atoms with van der Waals surface area (Å²) in [4.78, 5) is 11.8.